The number of hydrogen-bond acceptors (Lipinski definition) is 2. The number of nitrogens with two attached hydrogens (primary N) is 1. The highest BCUT2D eigenvalue weighted by atomic mass is 16.5. The second-order valence-electron chi connectivity index (χ2n) is 5.94. The molecular formula is C17H27NO. The Hall–Kier alpha value is -1.02. The molecule has 0 aromatic heterocycles. The fourth-order valence-corrected chi connectivity index (χ4v) is 3.36. The normalized spacial score (nSPS) is 25.1. The van der Waals surface area contributed by atoms with E-state index in [0.717, 1.165) is 11.7 Å². The highest BCUT2D eigenvalue weighted by Crippen LogP contribution is 2.37. The lowest BCUT2D eigenvalue weighted by Gasteiger charge is -2.32. The van der Waals surface area contributed by atoms with Gasteiger partial charge >= 0.3 is 0 Å². The first-order valence-electron chi connectivity index (χ1n) is 7.55. The fourth-order valence-electron chi connectivity index (χ4n) is 3.36. The van der Waals surface area contributed by atoms with Crippen molar-refractivity contribution in [1.29, 1.82) is 0 Å². The highest BCUT2D eigenvalue weighted by molar-refractivity contribution is 5.36. The summed E-state index contributed by atoms with van der Waals surface area (Å²) >= 11 is 0. The molecule has 19 heavy (non-hydrogen) atoms. The van der Waals surface area contributed by atoms with Crippen molar-refractivity contribution in [3.8, 4) is 5.75 Å². The second kappa shape index (κ2) is 6.42. The topological polar surface area (TPSA) is 35.2 Å². The lowest BCUT2D eigenvalue weighted by molar-refractivity contribution is 0.239. The Bertz CT molecular complexity index is 408. The van der Waals surface area contributed by atoms with Gasteiger partial charge in [0.1, 0.15) is 5.75 Å². The molecule has 1 unspecified atom stereocenters. The van der Waals surface area contributed by atoms with Crippen molar-refractivity contribution in [3.05, 3.63) is 29.3 Å². The SMILES string of the molecule is CCC1CCC(C(N)c2ccc(OC)cc2C)CC1. The van der Waals surface area contributed by atoms with Crippen LogP contribution in [0.3, 0.4) is 0 Å². The van der Waals surface area contributed by atoms with Crippen molar-refractivity contribution in [3.63, 3.8) is 0 Å². The maximum absolute atomic E-state index is 6.51. The van der Waals surface area contributed by atoms with Crippen LogP contribution < -0.4 is 10.5 Å². The van der Waals surface area contributed by atoms with E-state index in [0.29, 0.717) is 5.92 Å². The monoisotopic (exact) mass is 261 g/mol. The maximum atomic E-state index is 6.51. The Morgan fingerprint density at radius 1 is 1.26 bits per heavy atom. The summed E-state index contributed by atoms with van der Waals surface area (Å²) in [4.78, 5) is 0. The Morgan fingerprint density at radius 2 is 1.95 bits per heavy atom. The zero-order valence-electron chi connectivity index (χ0n) is 12.5. The predicted molar refractivity (Wildman–Crippen MR) is 80.4 cm³/mol. The summed E-state index contributed by atoms with van der Waals surface area (Å²) in [6.07, 6.45) is 6.59. The van der Waals surface area contributed by atoms with Crippen LogP contribution in [0.4, 0.5) is 0 Å². The van der Waals surface area contributed by atoms with Crippen molar-refractivity contribution in [2.75, 3.05) is 7.11 Å². The Kier molecular flexibility index (Phi) is 4.87. The van der Waals surface area contributed by atoms with Crippen LogP contribution in [-0.4, -0.2) is 7.11 Å². The summed E-state index contributed by atoms with van der Waals surface area (Å²) < 4.78 is 5.26. The standard InChI is InChI=1S/C17H27NO/c1-4-13-5-7-14(8-6-13)17(18)16-10-9-15(19-3)11-12(16)2/h9-11,13-14,17H,4-8,18H2,1-3H3. The molecule has 2 nitrogen and oxygen atoms in total. The van der Waals surface area contributed by atoms with Gasteiger partial charge in [-0.1, -0.05) is 32.3 Å². The molecule has 1 aromatic carbocycles. The number of rotatable bonds is 4. The molecule has 0 bridgehead atoms. The molecule has 1 fully saturated rings. The van der Waals surface area contributed by atoms with Crippen LogP contribution in [0.15, 0.2) is 18.2 Å². The van der Waals surface area contributed by atoms with Crippen molar-refractivity contribution in [2.24, 2.45) is 17.6 Å². The molecule has 0 radical (unpaired) electrons. The Morgan fingerprint density at radius 3 is 2.47 bits per heavy atom. The van der Waals surface area contributed by atoms with E-state index in [1.165, 1.54) is 43.2 Å². The first-order chi connectivity index (χ1) is 9.15. The quantitative estimate of drug-likeness (QED) is 0.880. The number of benzene rings is 1. The van der Waals surface area contributed by atoms with Gasteiger partial charge in [0.15, 0.2) is 0 Å². The third-order valence-electron chi connectivity index (χ3n) is 4.81. The van der Waals surface area contributed by atoms with Gasteiger partial charge in [0.05, 0.1) is 7.11 Å². The van der Waals surface area contributed by atoms with Crippen LogP contribution in [0.2, 0.25) is 0 Å². The van der Waals surface area contributed by atoms with Gasteiger partial charge in [-0.2, -0.15) is 0 Å². The van der Waals surface area contributed by atoms with E-state index in [9.17, 15) is 0 Å². The molecule has 0 amide bonds. The third kappa shape index (κ3) is 3.30. The molecule has 0 saturated heterocycles. The van der Waals surface area contributed by atoms with Gasteiger partial charge in [0, 0.05) is 6.04 Å². The number of ether oxygens (including phenoxy) is 1. The minimum Gasteiger partial charge on any atom is -0.497 e. The summed E-state index contributed by atoms with van der Waals surface area (Å²) in [5, 5.41) is 0. The molecule has 0 aliphatic heterocycles. The number of hydrogen-bond donors (Lipinski definition) is 1. The van der Waals surface area contributed by atoms with E-state index >= 15 is 0 Å². The van der Waals surface area contributed by atoms with Gasteiger partial charge in [-0.15, -0.1) is 0 Å². The zero-order valence-corrected chi connectivity index (χ0v) is 12.5. The van der Waals surface area contributed by atoms with Gasteiger partial charge in [0.2, 0.25) is 0 Å². The van der Waals surface area contributed by atoms with Gasteiger partial charge in [-0.05, 0) is 54.9 Å². The van der Waals surface area contributed by atoms with E-state index in [1.54, 1.807) is 7.11 Å². The molecule has 1 aliphatic rings. The third-order valence-corrected chi connectivity index (χ3v) is 4.81. The van der Waals surface area contributed by atoms with Crippen LogP contribution in [0.25, 0.3) is 0 Å². The van der Waals surface area contributed by atoms with Crippen molar-refractivity contribution in [1.82, 2.24) is 0 Å². The Balaban J connectivity index is 2.05. The van der Waals surface area contributed by atoms with E-state index in [1.807, 2.05) is 6.07 Å². The molecule has 2 heteroatoms. The van der Waals surface area contributed by atoms with Crippen molar-refractivity contribution >= 4 is 0 Å². The van der Waals surface area contributed by atoms with E-state index in [2.05, 4.69) is 26.0 Å². The van der Waals surface area contributed by atoms with Crippen molar-refractivity contribution < 1.29 is 4.74 Å². The summed E-state index contributed by atoms with van der Waals surface area (Å²) in [7, 11) is 1.71. The molecule has 0 heterocycles. The largest absolute Gasteiger partial charge is 0.497 e. The van der Waals surface area contributed by atoms with Gasteiger partial charge < -0.3 is 10.5 Å². The van der Waals surface area contributed by atoms with Gasteiger partial charge in [-0.3, -0.25) is 0 Å². The smallest absolute Gasteiger partial charge is 0.119 e. The van der Waals surface area contributed by atoms with Crippen molar-refractivity contribution in [2.45, 2.75) is 52.0 Å². The van der Waals surface area contributed by atoms with Crippen LogP contribution in [0.1, 0.15) is 56.2 Å². The average molecular weight is 261 g/mol. The summed E-state index contributed by atoms with van der Waals surface area (Å²) in [6, 6.07) is 6.45. The minimum atomic E-state index is 0.184. The second-order valence-corrected chi connectivity index (χ2v) is 5.94. The predicted octanol–water partition coefficient (Wildman–Crippen LogP) is 4.22. The molecule has 2 N–H and O–H groups in total. The van der Waals surface area contributed by atoms with Crippen LogP contribution >= 0.6 is 0 Å². The van der Waals surface area contributed by atoms with Crippen LogP contribution in [0.5, 0.6) is 5.75 Å². The first kappa shape index (κ1) is 14.4. The molecule has 106 valence electrons. The number of aryl methyl sites for hydroxylation is 1. The van der Waals surface area contributed by atoms with E-state index in [-0.39, 0.29) is 6.04 Å². The van der Waals surface area contributed by atoms with E-state index in [4.69, 9.17) is 10.5 Å². The van der Waals surface area contributed by atoms with Crippen LogP contribution in [-0.2, 0) is 0 Å². The molecule has 2 rings (SSSR count). The average Bonchev–Trinajstić information content (AvgIpc) is 2.46. The lowest BCUT2D eigenvalue weighted by atomic mass is 9.76. The highest BCUT2D eigenvalue weighted by Gasteiger charge is 2.26. The molecule has 1 saturated carbocycles. The number of methoxy groups -OCH3 is 1. The molecule has 1 aliphatic carbocycles. The molecule has 0 spiro atoms. The molecular weight excluding hydrogens is 234 g/mol. The van der Waals surface area contributed by atoms with E-state index < -0.39 is 0 Å². The van der Waals surface area contributed by atoms with Gasteiger partial charge in [0.25, 0.3) is 0 Å². The first-order valence-corrected chi connectivity index (χ1v) is 7.55. The Labute approximate surface area is 117 Å². The lowest BCUT2D eigenvalue weighted by Crippen LogP contribution is -2.26. The minimum absolute atomic E-state index is 0.184. The van der Waals surface area contributed by atoms with Crippen LogP contribution in [0, 0.1) is 18.8 Å². The fraction of sp³-hybridized carbons (Fsp3) is 0.647. The molecule has 1 atom stereocenters. The maximum Gasteiger partial charge on any atom is 0.119 e. The summed E-state index contributed by atoms with van der Waals surface area (Å²) in [5.41, 5.74) is 9.05. The molecule has 1 aromatic rings. The zero-order chi connectivity index (χ0) is 13.8. The van der Waals surface area contributed by atoms with Gasteiger partial charge in [-0.25, -0.2) is 0 Å². The summed E-state index contributed by atoms with van der Waals surface area (Å²) in [5.74, 6) is 2.50. The summed E-state index contributed by atoms with van der Waals surface area (Å²) in [6.45, 7) is 4.44.